The molecule has 0 heterocycles. The van der Waals surface area contributed by atoms with Crippen LogP contribution < -0.4 is 5.32 Å². The molecule has 0 spiro atoms. The lowest BCUT2D eigenvalue weighted by Crippen LogP contribution is -2.42. The summed E-state index contributed by atoms with van der Waals surface area (Å²) in [6.07, 6.45) is 11.8. The molecule has 2 aliphatic rings. The molecular formula is C14H27NOS. The average molecular weight is 257 g/mol. The quantitative estimate of drug-likeness (QED) is 0.792. The molecule has 2 nitrogen and oxygen atoms in total. The molecule has 17 heavy (non-hydrogen) atoms. The minimum atomic E-state index is -0.687. The van der Waals surface area contributed by atoms with Gasteiger partial charge in [0.1, 0.15) is 0 Å². The fraction of sp³-hybridized carbons (Fsp3) is 1.00. The molecule has 100 valence electrons. The van der Waals surface area contributed by atoms with Gasteiger partial charge in [0.15, 0.2) is 0 Å². The highest BCUT2D eigenvalue weighted by Gasteiger charge is 2.36. The number of hydrogen-bond acceptors (Lipinski definition) is 2. The van der Waals surface area contributed by atoms with E-state index in [0.717, 1.165) is 24.4 Å². The average Bonchev–Trinajstić information content (AvgIpc) is 3.15. The zero-order chi connectivity index (χ0) is 12.3. The molecule has 2 aliphatic carbocycles. The molecule has 0 bridgehead atoms. The van der Waals surface area contributed by atoms with Gasteiger partial charge in [0.05, 0.1) is 0 Å². The van der Waals surface area contributed by atoms with Crippen LogP contribution in [-0.2, 0) is 10.8 Å². The maximum atomic E-state index is 11.4. The fourth-order valence-electron chi connectivity index (χ4n) is 3.09. The van der Waals surface area contributed by atoms with Crippen molar-refractivity contribution in [3.8, 4) is 0 Å². The van der Waals surface area contributed by atoms with Crippen molar-refractivity contribution in [3.05, 3.63) is 0 Å². The zero-order valence-corrected chi connectivity index (χ0v) is 12.1. The van der Waals surface area contributed by atoms with Gasteiger partial charge in [-0.2, -0.15) is 0 Å². The highest BCUT2D eigenvalue weighted by Crippen LogP contribution is 2.40. The van der Waals surface area contributed by atoms with Gasteiger partial charge in [0.2, 0.25) is 0 Å². The molecule has 2 fully saturated rings. The topological polar surface area (TPSA) is 29.1 Å². The second-order valence-electron chi connectivity index (χ2n) is 5.98. The summed E-state index contributed by atoms with van der Waals surface area (Å²) in [6.45, 7) is 3.02. The van der Waals surface area contributed by atoms with Crippen LogP contribution in [0, 0.1) is 11.8 Å². The van der Waals surface area contributed by atoms with Gasteiger partial charge in [0.25, 0.3) is 0 Å². The first-order valence-corrected chi connectivity index (χ1v) is 8.86. The second kappa shape index (κ2) is 6.33. The van der Waals surface area contributed by atoms with Crippen molar-refractivity contribution in [2.45, 2.75) is 63.2 Å². The molecular weight excluding hydrogens is 230 g/mol. The molecule has 0 radical (unpaired) electrons. The van der Waals surface area contributed by atoms with E-state index >= 15 is 0 Å². The standard InChI is InChI=1S/C14H27NOS/c1-11(17(2)16)10-15-14(13-8-9-13)12-6-4-3-5-7-12/h11-15H,3-10H2,1-2H3/t11-,14-,17-/m1/s1. The van der Waals surface area contributed by atoms with Crippen molar-refractivity contribution in [2.75, 3.05) is 12.8 Å². The van der Waals surface area contributed by atoms with Crippen molar-refractivity contribution in [3.63, 3.8) is 0 Å². The van der Waals surface area contributed by atoms with Gasteiger partial charge in [0, 0.05) is 34.9 Å². The maximum Gasteiger partial charge on any atom is 0.0441 e. The van der Waals surface area contributed by atoms with Crippen LogP contribution >= 0.6 is 0 Å². The fourth-order valence-corrected chi connectivity index (χ4v) is 3.42. The van der Waals surface area contributed by atoms with Gasteiger partial charge in [-0.15, -0.1) is 0 Å². The summed E-state index contributed by atoms with van der Waals surface area (Å²) in [5.41, 5.74) is 0. The molecule has 0 aromatic carbocycles. The van der Waals surface area contributed by atoms with Gasteiger partial charge >= 0.3 is 0 Å². The first-order valence-electron chi connectivity index (χ1n) is 7.24. The highest BCUT2D eigenvalue weighted by atomic mass is 32.2. The van der Waals surface area contributed by atoms with Gasteiger partial charge < -0.3 is 5.32 Å². The summed E-state index contributed by atoms with van der Waals surface area (Å²) in [7, 11) is -0.687. The summed E-state index contributed by atoms with van der Waals surface area (Å²) in [6, 6.07) is 0.723. The monoisotopic (exact) mass is 257 g/mol. The van der Waals surface area contributed by atoms with E-state index in [2.05, 4.69) is 12.2 Å². The largest absolute Gasteiger partial charge is 0.312 e. The predicted octanol–water partition coefficient (Wildman–Crippen LogP) is 2.70. The van der Waals surface area contributed by atoms with Crippen molar-refractivity contribution in [1.29, 1.82) is 0 Å². The van der Waals surface area contributed by atoms with Crippen LogP contribution in [0.15, 0.2) is 0 Å². The smallest absolute Gasteiger partial charge is 0.0441 e. The minimum absolute atomic E-state index is 0.292. The first kappa shape index (κ1) is 13.5. The van der Waals surface area contributed by atoms with E-state index in [1.54, 1.807) is 0 Å². The van der Waals surface area contributed by atoms with Crippen LogP contribution in [0.2, 0.25) is 0 Å². The zero-order valence-electron chi connectivity index (χ0n) is 11.3. The molecule has 0 unspecified atom stereocenters. The summed E-state index contributed by atoms with van der Waals surface area (Å²) in [5, 5.41) is 4.03. The van der Waals surface area contributed by atoms with Gasteiger partial charge in [-0.05, 0) is 44.4 Å². The van der Waals surface area contributed by atoms with Crippen LogP contribution in [0.25, 0.3) is 0 Å². The molecule has 0 aliphatic heterocycles. The van der Waals surface area contributed by atoms with E-state index in [-0.39, 0.29) is 0 Å². The van der Waals surface area contributed by atoms with Crippen molar-refractivity contribution in [2.24, 2.45) is 11.8 Å². The van der Waals surface area contributed by atoms with E-state index < -0.39 is 10.8 Å². The summed E-state index contributed by atoms with van der Waals surface area (Å²) < 4.78 is 11.4. The van der Waals surface area contributed by atoms with Gasteiger partial charge in [-0.25, -0.2) is 0 Å². The van der Waals surface area contributed by atoms with Gasteiger partial charge in [-0.3, -0.25) is 4.21 Å². The van der Waals surface area contributed by atoms with Crippen LogP contribution in [0.3, 0.4) is 0 Å². The Morgan fingerprint density at radius 2 is 1.71 bits per heavy atom. The molecule has 0 saturated heterocycles. The Bertz CT molecular complexity index is 259. The Morgan fingerprint density at radius 3 is 2.24 bits per heavy atom. The third-order valence-electron chi connectivity index (χ3n) is 4.50. The first-order chi connectivity index (χ1) is 8.18. The van der Waals surface area contributed by atoms with Crippen LogP contribution in [0.1, 0.15) is 51.9 Å². The van der Waals surface area contributed by atoms with Gasteiger partial charge in [-0.1, -0.05) is 19.3 Å². The van der Waals surface area contributed by atoms with Crippen LogP contribution in [0.4, 0.5) is 0 Å². The summed E-state index contributed by atoms with van der Waals surface area (Å²) in [5.74, 6) is 1.82. The van der Waals surface area contributed by atoms with Crippen molar-refractivity contribution < 1.29 is 4.21 Å². The molecule has 1 N–H and O–H groups in total. The third-order valence-corrected chi connectivity index (χ3v) is 5.80. The molecule has 0 aromatic heterocycles. The third kappa shape index (κ3) is 4.06. The second-order valence-corrected chi connectivity index (χ2v) is 7.78. The Hall–Kier alpha value is 0.110. The Kier molecular flexibility index (Phi) is 5.04. The van der Waals surface area contributed by atoms with E-state index in [9.17, 15) is 4.21 Å². The number of hydrogen-bond donors (Lipinski definition) is 1. The summed E-state index contributed by atoms with van der Waals surface area (Å²) in [4.78, 5) is 0. The Labute approximate surface area is 108 Å². The minimum Gasteiger partial charge on any atom is -0.312 e. The van der Waals surface area contributed by atoms with E-state index in [1.807, 2.05) is 6.26 Å². The molecule has 2 rings (SSSR count). The lowest BCUT2D eigenvalue weighted by Gasteiger charge is -2.32. The van der Waals surface area contributed by atoms with Crippen molar-refractivity contribution >= 4 is 10.8 Å². The van der Waals surface area contributed by atoms with E-state index in [0.29, 0.717) is 5.25 Å². The van der Waals surface area contributed by atoms with E-state index in [4.69, 9.17) is 0 Å². The normalized spacial score (nSPS) is 27.6. The predicted molar refractivity (Wildman–Crippen MR) is 74.6 cm³/mol. The molecule has 0 aromatic rings. The maximum absolute atomic E-state index is 11.4. The lowest BCUT2D eigenvalue weighted by atomic mass is 9.82. The highest BCUT2D eigenvalue weighted by molar-refractivity contribution is 7.84. The van der Waals surface area contributed by atoms with Crippen LogP contribution in [0.5, 0.6) is 0 Å². The Balaban J connectivity index is 1.82. The van der Waals surface area contributed by atoms with E-state index in [1.165, 1.54) is 44.9 Å². The Morgan fingerprint density at radius 1 is 1.12 bits per heavy atom. The summed E-state index contributed by atoms with van der Waals surface area (Å²) >= 11 is 0. The molecule has 2 saturated carbocycles. The number of nitrogens with one attached hydrogen (secondary N) is 1. The van der Waals surface area contributed by atoms with Crippen LogP contribution in [-0.4, -0.2) is 28.3 Å². The molecule has 3 heteroatoms. The molecule has 0 amide bonds. The SMILES string of the molecule is C[C@H](CN[C@H](C1CCCCC1)C1CC1)[S@@](C)=O. The lowest BCUT2D eigenvalue weighted by molar-refractivity contribution is 0.248. The molecule has 3 atom stereocenters. The number of rotatable bonds is 6. The van der Waals surface area contributed by atoms with Crippen molar-refractivity contribution in [1.82, 2.24) is 5.32 Å².